The number of pyridine rings is 1. The third kappa shape index (κ3) is 2.96. The molecule has 0 atom stereocenters. The minimum absolute atomic E-state index is 0.142. The van der Waals surface area contributed by atoms with Gasteiger partial charge in [-0.15, -0.1) is 0 Å². The summed E-state index contributed by atoms with van der Waals surface area (Å²) in [6.45, 7) is 0.142. The van der Waals surface area contributed by atoms with E-state index in [2.05, 4.69) is 15.0 Å². The molecule has 1 aromatic heterocycles. The molecule has 8 heteroatoms. The molecule has 16 heavy (non-hydrogen) atoms. The molecule has 0 aliphatic rings. The van der Waals surface area contributed by atoms with Crippen molar-refractivity contribution in [2.24, 2.45) is 5.11 Å². The molecule has 1 aromatic rings. The Hall–Kier alpha value is -2.60. The summed E-state index contributed by atoms with van der Waals surface area (Å²) in [7, 11) is 0. The molecule has 0 aliphatic carbocycles. The van der Waals surface area contributed by atoms with Gasteiger partial charge in [0.1, 0.15) is 0 Å². The monoisotopic (exact) mass is 221 g/mol. The topological polar surface area (TPSA) is 125 Å². The molecular weight excluding hydrogens is 214 g/mol. The van der Waals surface area contributed by atoms with E-state index in [0.717, 1.165) is 6.07 Å². The predicted molar refractivity (Wildman–Crippen MR) is 56.8 cm³/mol. The molecule has 1 N–H and O–H groups in total. The highest BCUT2D eigenvalue weighted by Crippen LogP contribution is 2.07. The smallest absolute Gasteiger partial charge is 0.323 e. The fourth-order valence-electron chi connectivity index (χ4n) is 0.992. The molecule has 8 nitrogen and oxygen atoms in total. The highest BCUT2D eigenvalue weighted by atomic mass is 16.6. The van der Waals surface area contributed by atoms with Crippen LogP contribution >= 0.6 is 0 Å². The van der Waals surface area contributed by atoms with Crippen molar-refractivity contribution in [2.45, 2.75) is 0 Å². The summed E-state index contributed by atoms with van der Waals surface area (Å²) < 4.78 is 0. The predicted octanol–water partition coefficient (Wildman–Crippen LogP) is 1.61. The molecule has 1 heterocycles. The van der Waals surface area contributed by atoms with E-state index in [1.54, 1.807) is 0 Å². The van der Waals surface area contributed by atoms with E-state index in [1.165, 1.54) is 18.3 Å². The fraction of sp³-hybridized carbons (Fsp3) is 0.125. The molecule has 1 rings (SSSR count). The number of nitrogens with zero attached hydrogens (tertiary/aromatic N) is 4. The zero-order valence-corrected chi connectivity index (χ0v) is 8.03. The lowest BCUT2D eigenvalue weighted by molar-refractivity contribution is -0.386. The van der Waals surface area contributed by atoms with Crippen LogP contribution in [0.15, 0.2) is 28.2 Å². The SMILES string of the molecule is [N-]=[N+]=NCC=Cc1c[nH]c(=O)c([N+](=O)[O-])c1. The molecule has 0 bridgehead atoms. The van der Waals surface area contributed by atoms with Crippen LogP contribution in [0, 0.1) is 10.1 Å². The van der Waals surface area contributed by atoms with Crippen LogP contribution < -0.4 is 5.56 Å². The van der Waals surface area contributed by atoms with E-state index in [1.807, 2.05) is 0 Å². The first-order chi connectivity index (χ1) is 7.65. The second-order valence-corrected chi connectivity index (χ2v) is 2.72. The van der Waals surface area contributed by atoms with Gasteiger partial charge in [0.25, 0.3) is 0 Å². The van der Waals surface area contributed by atoms with Crippen molar-refractivity contribution >= 4 is 11.8 Å². The van der Waals surface area contributed by atoms with E-state index >= 15 is 0 Å². The van der Waals surface area contributed by atoms with Crippen LogP contribution in [0.5, 0.6) is 0 Å². The highest BCUT2D eigenvalue weighted by molar-refractivity contribution is 5.51. The summed E-state index contributed by atoms with van der Waals surface area (Å²) in [5, 5.41) is 13.7. The van der Waals surface area contributed by atoms with Crippen molar-refractivity contribution in [3.8, 4) is 0 Å². The first kappa shape index (κ1) is 11.5. The summed E-state index contributed by atoms with van der Waals surface area (Å²) in [6, 6.07) is 1.14. The molecule has 0 aliphatic heterocycles. The van der Waals surface area contributed by atoms with Crippen molar-refractivity contribution in [3.05, 3.63) is 54.8 Å². The summed E-state index contributed by atoms with van der Waals surface area (Å²) in [5.74, 6) is 0. The highest BCUT2D eigenvalue weighted by Gasteiger charge is 2.11. The van der Waals surface area contributed by atoms with E-state index in [4.69, 9.17) is 5.53 Å². The number of H-pyrrole nitrogens is 1. The second kappa shape index (κ2) is 5.32. The van der Waals surface area contributed by atoms with Gasteiger partial charge in [0, 0.05) is 23.7 Å². The number of aromatic amines is 1. The number of aromatic nitrogens is 1. The van der Waals surface area contributed by atoms with Crippen LogP contribution in [0.25, 0.3) is 16.5 Å². The van der Waals surface area contributed by atoms with E-state index in [0.29, 0.717) is 5.56 Å². The molecular formula is C8H7N5O3. The lowest BCUT2D eigenvalue weighted by Crippen LogP contribution is -2.10. The number of hydrogen-bond acceptors (Lipinski definition) is 4. The molecule has 0 unspecified atom stereocenters. The van der Waals surface area contributed by atoms with Gasteiger partial charge in [0.05, 0.1) is 4.92 Å². The Morgan fingerprint density at radius 2 is 2.44 bits per heavy atom. The fourth-order valence-corrected chi connectivity index (χ4v) is 0.992. The number of azide groups is 1. The van der Waals surface area contributed by atoms with Crippen molar-refractivity contribution in [2.75, 3.05) is 6.54 Å². The van der Waals surface area contributed by atoms with Crippen LogP contribution in [0.1, 0.15) is 5.56 Å². The minimum Gasteiger partial charge on any atom is -0.323 e. The Balaban J connectivity index is 2.95. The van der Waals surface area contributed by atoms with Gasteiger partial charge in [-0.2, -0.15) is 0 Å². The lowest BCUT2D eigenvalue weighted by Gasteiger charge is -1.93. The Kier molecular flexibility index (Phi) is 3.82. The third-order valence-electron chi connectivity index (χ3n) is 1.66. The number of hydrogen-bond donors (Lipinski definition) is 1. The van der Waals surface area contributed by atoms with E-state index in [-0.39, 0.29) is 6.54 Å². The van der Waals surface area contributed by atoms with Crippen LogP contribution in [0.2, 0.25) is 0 Å². The molecule has 0 amide bonds. The second-order valence-electron chi connectivity index (χ2n) is 2.72. The van der Waals surface area contributed by atoms with E-state index in [9.17, 15) is 14.9 Å². The van der Waals surface area contributed by atoms with Gasteiger partial charge < -0.3 is 4.98 Å². The van der Waals surface area contributed by atoms with Crippen molar-refractivity contribution < 1.29 is 4.92 Å². The average molecular weight is 221 g/mol. The Morgan fingerprint density at radius 3 is 3.06 bits per heavy atom. The van der Waals surface area contributed by atoms with Crippen LogP contribution in [0.3, 0.4) is 0 Å². The van der Waals surface area contributed by atoms with Gasteiger partial charge in [-0.05, 0) is 11.1 Å². The number of nitrogens with one attached hydrogen (secondary N) is 1. The zero-order valence-electron chi connectivity index (χ0n) is 8.03. The normalized spacial score (nSPS) is 10.0. The maximum atomic E-state index is 11.0. The van der Waals surface area contributed by atoms with Gasteiger partial charge in [-0.3, -0.25) is 14.9 Å². The molecule has 0 radical (unpaired) electrons. The third-order valence-corrected chi connectivity index (χ3v) is 1.66. The molecule has 0 fully saturated rings. The molecule has 0 aromatic carbocycles. The summed E-state index contributed by atoms with van der Waals surface area (Å²) in [6.07, 6.45) is 4.37. The average Bonchev–Trinajstić information content (AvgIpc) is 2.26. The maximum absolute atomic E-state index is 11.0. The molecule has 82 valence electrons. The molecule has 0 spiro atoms. The first-order valence-electron chi connectivity index (χ1n) is 4.19. The Bertz CT molecular complexity index is 527. The first-order valence-corrected chi connectivity index (χ1v) is 4.19. The van der Waals surface area contributed by atoms with Gasteiger partial charge in [0.15, 0.2) is 0 Å². The standard InChI is InChI=1S/C8H7N5O3/c9-12-11-3-1-2-6-4-7(13(15)16)8(14)10-5-6/h1-2,4-5H,3H2,(H,10,14). The summed E-state index contributed by atoms with van der Waals surface area (Å²) >= 11 is 0. The Morgan fingerprint density at radius 1 is 1.69 bits per heavy atom. The van der Waals surface area contributed by atoms with Gasteiger partial charge in [0.2, 0.25) is 0 Å². The summed E-state index contributed by atoms with van der Waals surface area (Å²) in [5.41, 5.74) is 7.19. The number of nitro groups is 1. The van der Waals surface area contributed by atoms with Crippen LogP contribution in [-0.4, -0.2) is 16.5 Å². The van der Waals surface area contributed by atoms with Crippen molar-refractivity contribution in [1.82, 2.24) is 4.98 Å². The minimum atomic E-state index is -0.760. The Labute approximate surface area is 89.0 Å². The van der Waals surface area contributed by atoms with E-state index < -0.39 is 16.2 Å². The quantitative estimate of drug-likeness (QED) is 0.273. The summed E-state index contributed by atoms with van der Waals surface area (Å²) in [4.78, 5) is 25.5. The van der Waals surface area contributed by atoms with Crippen molar-refractivity contribution in [3.63, 3.8) is 0 Å². The van der Waals surface area contributed by atoms with Gasteiger partial charge in [-0.1, -0.05) is 17.3 Å². The van der Waals surface area contributed by atoms with Crippen LogP contribution in [0.4, 0.5) is 5.69 Å². The molecule has 0 saturated heterocycles. The lowest BCUT2D eigenvalue weighted by atomic mass is 10.2. The molecule has 0 saturated carbocycles. The zero-order chi connectivity index (χ0) is 12.0. The van der Waals surface area contributed by atoms with Gasteiger partial charge >= 0.3 is 11.2 Å². The number of rotatable bonds is 4. The largest absolute Gasteiger partial charge is 0.334 e. The van der Waals surface area contributed by atoms with Crippen LogP contribution in [-0.2, 0) is 0 Å². The maximum Gasteiger partial charge on any atom is 0.334 e. The van der Waals surface area contributed by atoms with Gasteiger partial charge in [-0.25, -0.2) is 0 Å². The van der Waals surface area contributed by atoms with Crippen molar-refractivity contribution in [1.29, 1.82) is 0 Å².